The van der Waals surface area contributed by atoms with Crippen LogP contribution in [0.5, 0.6) is 17.2 Å². The number of ether oxygens (including phenoxy) is 4. The first-order valence-electron chi connectivity index (χ1n) is 14.6. The van der Waals surface area contributed by atoms with Gasteiger partial charge in [-0.3, -0.25) is 9.36 Å². The van der Waals surface area contributed by atoms with Crippen LogP contribution in [0.4, 0.5) is 0 Å². The summed E-state index contributed by atoms with van der Waals surface area (Å²) in [6.45, 7) is 3.70. The SMILES string of the molecule is CCOC(=O)C1=C(C)N=c2sc(=Cc3cn(-c4ccccc4)nc3-c3ccc(OC)c(OC)c3)c(=O)n2C1c1ccc(OC)cc1. The number of hydrogen-bond donors (Lipinski definition) is 0. The average molecular weight is 637 g/mol. The molecule has 3 heterocycles. The van der Waals surface area contributed by atoms with Crippen molar-refractivity contribution in [2.75, 3.05) is 27.9 Å². The van der Waals surface area contributed by atoms with Gasteiger partial charge in [-0.2, -0.15) is 5.10 Å². The van der Waals surface area contributed by atoms with Gasteiger partial charge in [0.15, 0.2) is 16.3 Å². The van der Waals surface area contributed by atoms with Crippen LogP contribution in [0.15, 0.2) is 100 Å². The normalized spacial score (nSPS) is 14.5. The summed E-state index contributed by atoms with van der Waals surface area (Å²) < 4.78 is 25.5. The number of rotatable bonds is 9. The Labute approximate surface area is 269 Å². The van der Waals surface area contributed by atoms with Crippen LogP contribution in [-0.4, -0.2) is 48.3 Å². The minimum atomic E-state index is -0.735. The molecule has 0 aliphatic carbocycles. The molecule has 0 saturated heterocycles. The maximum atomic E-state index is 14.3. The highest BCUT2D eigenvalue weighted by molar-refractivity contribution is 7.07. The number of para-hydroxylation sites is 1. The standard InChI is InChI=1S/C35H32N4O6S/c1-6-45-34(41)30-21(2)36-35-39(32(30)22-12-15-26(42-3)16-13-22)33(40)29(46-35)19-24-20-38(25-10-8-7-9-11-25)37-31(24)23-14-17-27(43-4)28(18-23)44-5/h7-20,32H,6H2,1-5H3. The minimum Gasteiger partial charge on any atom is -0.497 e. The van der Waals surface area contributed by atoms with Crippen molar-refractivity contribution in [2.45, 2.75) is 19.9 Å². The number of carbonyl (C=O) groups excluding carboxylic acids is 1. The molecule has 0 fully saturated rings. The summed E-state index contributed by atoms with van der Waals surface area (Å²) in [6, 6.07) is 21.9. The summed E-state index contributed by atoms with van der Waals surface area (Å²) in [6.07, 6.45) is 3.70. The van der Waals surface area contributed by atoms with Gasteiger partial charge in [0.05, 0.1) is 55.5 Å². The predicted molar refractivity (Wildman–Crippen MR) is 175 cm³/mol. The van der Waals surface area contributed by atoms with Gasteiger partial charge in [-0.05, 0) is 68.0 Å². The first-order valence-corrected chi connectivity index (χ1v) is 15.4. The molecule has 0 saturated carbocycles. The third-order valence-electron chi connectivity index (χ3n) is 7.66. The third-order valence-corrected chi connectivity index (χ3v) is 8.64. The molecular formula is C35H32N4O6S. The number of hydrogen-bond acceptors (Lipinski definition) is 9. The molecule has 46 heavy (non-hydrogen) atoms. The first-order chi connectivity index (χ1) is 22.4. The largest absolute Gasteiger partial charge is 0.497 e. The van der Waals surface area contributed by atoms with Crippen LogP contribution in [0.3, 0.4) is 0 Å². The van der Waals surface area contributed by atoms with Crippen molar-refractivity contribution < 1.29 is 23.7 Å². The van der Waals surface area contributed by atoms with Crippen LogP contribution in [0.25, 0.3) is 23.0 Å². The van der Waals surface area contributed by atoms with E-state index in [-0.39, 0.29) is 12.2 Å². The van der Waals surface area contributed by atoms with Gasteiger partial charge in [-0.25, -0.2) is 14.5 Å². The summed E-state index contributed by atoms with van der Waals surface area (Å²) in [5.74, 6) is 1.29. The number of nitrogens with zero attached hydrogens (tertiary/aromatic N) is 4. The number of methoxy groups -OCH3 is 3. The van der Waals surface area contributed by atoms with E-state index in [0.29, 0.717) is 49.1 Å². The Morgan fingerprint density at radius 3 is 2.37 bits per heavy atom. The molecule has 1 aliphatic heterocycles. The molecule has 0 N–H and O–H groups in total. The first kappa shape index (κ1) is 30.6. The molecule has 0 radical (unpaired) electrons. The van der Waals surface area contributed by atoms with Gasteiger partial charge in [-0.15, -0.1) is 0 Å². The van der Waals surface area contributed by atoms with Crippen molar-refractivity contribution in [2.24, 2.45) is 4.99 Å². The van der Waals surface area contributed by atoms with Gasteiger partial charge in [0.1, 0.15) is 11.4 Å². The zero-order chi connectivity index (χ0) is 32.4. The van der Waals surface area contributed by atoms with Crippen LogP contribution in [0.1, 0.15) is 31.0 Å². The highest BCUT2D eigenvalue weighted by Crippen LogP contribution is 2.34. The zero-order valence-corrected chi connectivity index (χ0v) is 26.8. The van der Waals surface area contributed by atoms with Crippen molar-refractivity contribution in [3.8, 4) is 34.2 Å². The van der Waals surface area contributed by atoms with Crippen LogP contribution >= 0.6 is 11.3 Å². The Kier molecular flexibility index (Phi) is 8.58. The molecule has 11 heteroatoms. The summed E-state index contributed by atoms with van der Waals surface area (Å²) in [5.41, 5.74) is 4.25. The number of carbonyl (C=O) groups is 1. The second-order valence-electron chi connectivity index (χ2n) is 10.4. The minimum absolute atomic E-state index is 0.194. The molecule has 234 valence electrons. The van der Waals surface area contributed by atoms with Gasteiger partial charge >= 0.3 is 5.97 Å². The number of aromatic nitrogens is 3. The Morgan fingerprint density at radius 1 is 0.957 bits per heavy atom. The lowest BCUT2D eigenvalue weighted by molar-refractivity contribution is -0.139. The lowest BCUT2D eigenvalue weighted by Crippen LogP contribution is -2.39. The van der Waals surface area contributed by atoms with Crippen LogP contribution in [-0.2, 0) is 9.53 Å². The van der Waals surface area contributed by atoms with Crippen molar-refractivity contribution >= 4 is 23.4 Å². The fraction of sp³-hybridized carbons (Fsp3) is 0.200. The third kappa shape index (κ3) is 5.61. The van der Waals surface area contributed by atoms with Crippen molar-refractivity contribution in [3.05, 3.63) is 121 Å². The van der Waals surface area contributed by atoms with Gasteiger partial charge in [-0.1, -0.05) is 41.7 Å². The van der Waals surface area contributed by atoms with Gasteiger partial charge < -0.3 is 18.9 Å². The molecule has 1 aliphatic rings. The number of esters is 1. The fourth-order valence-electron chi connectivity index (χ4n) is 5.45. The highest BCUT2D eigenvalue weighted by Gasteiger charge is 2.33. The average Bonchev–Trinajstić information content (AvgIpc) is 3.64. The molecule has 0 spiro atoms. The van der Waals surface area contributed by atoms with E-state index >= 15 is 0 Å². The van der Waals surface area contributed by atoms with Crippen LogP contribution in [0.2, 0.25) is 0 Å². The van der Waals surface area contributed by atoms with E-state index in [0.717, 1.165) is 16.8 Å². The van der Waals surface area contributed by atoms with Crippen LogP contribution in [0, 0.1) is 0 Å². The van der Waals surface area contributed by atoms with Gasteiger partial charge in [0.2, 0.25) is 0 Å². The Morgan fingerprint density at radius 2 is 1.70 bits per heavy atom. The molecule has 1 atom stereocenters. The topological polar surface area (TPSA) is 106 Å². The number of benzene rings is 3. The highest BCUT2D eigenvalue weighted by atomic mass is 32.1. The predicted octanol–water partition coefficient (Wildman–Crippen LogP) is 4.68. The van der Waals surface area contributed by atoms with E-state index in [2.05, 4.69) is 0 Å². The van der Waals surface area contributed by atoms with Crippen molar-refractivity contribution in [1.82, 2.24) is 14.3 Å². The molecule has 6 rings (SSSR count). The van der Waals surface area contributed by atoms with Gasteiger partial charge in [0, 0.05) is 17.3 Å². The number of allylic oxidation sites excluding steroid dienone is 1. The summed E-state index contributed by atoms with van der Waals surface area (Å²) >= 11 is 1.25. The molecule has 10 nitrogen and oxygen atoms in total. The van der Waals surface area contributed by atoms with E-state index in [1.54, 1.807) is 56.6 Å². The molecule has 0 amide bonds. The van der Waals surface area contributed by atoms with E-state index < -0.39 is 12.0 Å². The molecule has 0 bridgehead atoms. The maximum absolute atomic E-state index is 14.3. The Bertz CT molecular complexity index is 2130. The van der Waals surface area contributed by atoms with Crippen molar-refractivity contribution in [3.63, 3.8) is 0 Å². The number of thiazole rings is 1. The van der Waals surface area contributed by atoms with Crippen LogP contribution < -0.4 is 29.1 Å². The van der Waals surface area contributed by atoms with Crippen molar-refractivity contribution in [1.29, 1.82) is 0 Å². The van der Waals surface area contributed by atoms with E-state index in [4.69, 9.17) is 29.0 Å². The molecule has 2 aromatic heterocycles. The molecule has 5 aromatic rings. The molecular weight excluding hydrogens is 604 g/mol. The summed E-state index contributed by atoms with van der Waals surface area (Å²) in [7, 11) is 4.75. The van der Waals surface area contributed by atoms with E-state index in [9.17, 15) is 9.59 Å². The molecule has 1 unspecified atom stereocenters. The van der Waals surface area contributed by atoms with E-state index in [1.807, 2.05) is 72.9 Å². The monoisotopic (exact) mass is 636 g/mol. The quantitative estimate of drug-likeness (QED) is 0.217. The second-order valence-corrected chi connectivity index (χ2v) is 11.4. The Balaban J connectivity index is 1.56. The second kappa shape index (κ2) is 12.9. The zero-order valence-electron chi connectivity index (χ0n) is 26.0. The Hall–Kier alpha value is -5.42. The smallest absolute Gasteiger partial charge is 0.338 e. The summed E-state index contributed by atoms with van der Waals surface area (Å²) in [5, 5.41) is 4.92. The van der Waals surface area contributed by atoms with Gasteiger partial charge in [0.25, 0.3) is 5.56 Å². The number of fused-ring (bicyclic) bond motifs is 1. The van der Waals surface area contributed by atoms with E-state index in [1.165, 1.54) is 11.3 Å². The summed E-state index contributed by atoms with van der Waals surface area (Å²) in [4.78, 5) is 32.7. The lowest BCUT2D eigenvalue weighted by atomic mass is 9.96. The molecule has 3 aromatic carbocycles. The maximum Gasteiger partial charge on any atom is 0.338 e. The fourth-order valence-corrected chi connectivity index (χ4v) is 6.49. The lowest BCUT2D eigenvalue weighted by Gasteiger charge is -2.24.